The minimum atomic E-state index is -0.945. The number of ether oxygens (including phenoxy) is 2. The van der Waals surface area contributed by atoms with Gasteiger partial charge in [0.05, 0.1) is 25.2 Å². The van der Waals surface area contributed by atoms with Gasteiger partial charge in [0.1, 0.15) is 5.75 Å². The van der Waals surface area contributed by atoms with E-state index in [9.17, 15) is 9.59 Å². The van der Waals surface area contributed by atoms with Gasteiger partial charge in [0.25, 0.3) is 5.91 Å². The number of nitrogens with one attached hydrogen (secondary N) is 1. The molecule has 1 aliphatic carbocycles. The summed E-state index contributed by atoms with van der Waals surface area (Å²) >= 11 is 0. The van der Waals surface area contributed by atoms with Crippen LogP contribution >= 0.6 is 0 Å². The Bertz CT molecular complexity index is 573. The normalized spacial score (nSPS) is 23.5. The summed E-state index contributed by atoms with van der Waals surface area (Å²) in [5, 5.41) is 11.9. The Morgan fingerprint density at radius 3 is 2.61 bits per heavy atom. The molecule has 23 heavy (non-hydrogen) atoms. The summed E-state index contributed by atoms with van der Waals surface area (Å²) in [7, 11) is 0. The van der Waals surface area contributed by atoms with Crippen molar-refractivity contribution in [1.82, 2.24) is 5.32 Å². The highest BCUT2D eigenvalue weighted by Crippen LogP contribution is 2.29. The van der Waals surface area contributed by atoms with E-state index in [0.717, 1.165) is 12.4 Å². The lowest BCUT2D eigenvalue weighted by Crippen LogP contribution is -2.50. The van der Waals surface area contributed by atoms with E-state index in [-0.39, 0.29) is 18.9 Å². The van der Waals surface area contributed by atoms with Crippen LogP contribution in [0, 0.1) is 5.92 Å². The fourth-order valence-corrected chi connectivity index (χ4v) is 2.69. The summed E-state index contributed by atoms with van der Waals surface area (Å²) in [6.07, 6.45) is 2.83. The van der Waals surface area contributed by atoms with Crippen LogP contribution in [0.25, 0.3) is 0 Å². The number of hydrogen-bond acceptors (Lipinski definition) is 4. The predicted octanol–water partition coefficient (Wildman–Crippen LogP) is 1.84. The van der Waals surface area contributed by atoms with Crippen LogP contribution in [0.5, 0.6) is 5.75 Å². The van der Waals surface area contributed by atoms with Gasteiger partial charge in [-0.25, -0.2) is 0 Å². The second-order valence-corrected chi connectivity index (χ2v) is 6.39. The monoisotopic (exact) mass is 319 g/mol. The van der Waals surface area contributed by atoms with Gasteiger partial charge >= 0.3 is 5.97 Å². The number of carboxylic acids is 1. The van der Waals surface area contributed by atoms with Crippen molar-refractivity contribution in [3.05, 3.63) is 29.8 Å². The van der Waals surface area contributed by atoms with E-state index in [1.54, 1.807) is 24.3 Å². The first-order valence-corrected chi connectivity index (χ1v) is 7.91. The molecular formula is C17H21NO5. The van der Waals surface area contributed by atoms with Gasteiger partial charge in [-0.2, -0.15) is 0 Å². The molecule has 6 heteroatoms. The first-order valence-electron chi connectivity index (χ1n) is 7.91. The van der Waals surface area contributed by atoms with E-state index in [4.69, 9.17) is 14.6 Å². The summed E-state index contributed by atoms with van der Waals surface area (Å²) in [5.74, 6) is 0.194. The smallest absolute Gasteiger partial charge is 0.305 e. The van der Waals surface area contributed by atoms with Crippen molar-refractivity contribution in [2.45, 2.75) is 31.2 Å². The zero-order chi connectivity index (χ0) is 16.3. The molecule has 2 aliphatic rings. The highest BCUT2D eigenvalue weighted by molar-refractivity contribution is 5.95. The molecule has 0 radical (unpaired) electrons. The molecule has 2 fully saturated rings. The van der Waals surface area contributed by atoms with E-state index in [1.807, 2.05) is 0 Å². The molecule has 124 valence electrons. The molecule has 1 aliphatic heterocycles. The Hall–Kier alpha value is -2.08. The summed E-state index contributed by atoms with van der Waals surface area (Å²) in [5.41, 5.74) is -0.329. The maximum absolute atomic E-state index is 12.4. The maximum atomic E-state index is 12.4. The molecule has 1 unspecified atom stereocenters. The minimum absolute atomic E-state index is 0.138. The Labute approximate surface area is 134 Å². The zero-order valence-corrected chi connectivity index (χ0v) is 12.9. The Morgan fingerprint density at radius 1 is 1.30 bits per heavy atom. The number of benzene rings is 1. The van der Waals surface area contributed by atoms with Crippen molar-refractivity contribution in [1.29, 1.82) is 0 Å². The molecule has 1 saturated heterocycles. The average Bonchev–Trinajstić information content (AvgIpc) is 3.25. The van der Waals surface area contributed by atoms with Crippen molar-refractivity contribution in [3.63, 3.8) is 0 Å². The fraction of sp³-hybridized carbons (Fsp3) is 0.529. The lowest BCUT2D eigenvalue weighted by molar-refractivity contribution is -0.138. The summed E-state index contributed by atoms with van der Waals surface area (Å²) in [6, 6.07) is 6.93. The third kappa shape index (κ3) is 4.22. The van der Waals surface area contributed by atoms with Crippen molar-refractivity contribution < 1.29 is 24.2 Å². The van der Waals surface area contributed by atoms with Gasteiger partial charge in [0.2, 0.25) is 0 Å². The van der Waals surface area contributed by atoms with E-state index in [2.05, 4.69) is 5.32 Å². The van der Waals surface area contributed by atoms with Crippen LogP contribution in [0.3, 0.4) is 0 Å². The number of hydrogen-bond donors (Lipinski definition) is 2. The lowest BCUT2D eigenvalue weighted by Gasteiger charge is -2.27. The van der Waals surface area contributed by atoms with Gasteiger partial charge < -0.3 is 19.9 Å². The Morgan fingerprint density at radius 2 is 2.04 bits per heavy atom. The zero-order valence-electron chi connectivity index (χ0n) is 12.9. The fourth-order valence-electron chi connectivity index (χ4n) is 2.69. The molecule has 1 atom stereocenters. The van der Waals surface area contributed by atoms with Gasteiger partial charge in [-0.05, 0) is 49.4 Å². The summed E-state index contributed by atoms with van der Waals surface area (Å²) in [6.45, 7) is 1.42. The van der Waals surface area contributed by atoms with Crippen LogP contribution in [0.15, 0.2) is 24.3 Å². The summed E-state index contributed by atoms with van der Waals surface area (Å²) in [4.78, 5) is 23.4. The second-order valence-electron chi connectivity index (χ2n) is 6.39. The van der Waals surface area contributed by atoms with Crippen molar-refractivity contribution in [3.8, 4) is 5.75 Å². The topological polar surface area (TPSA) is 84.9 Å². The van der Waals surface area contributed by atoms with Crippen LogP contribution in [0.2, 0.25) is 0 Å². The first kappa shape index (κ1) is 15.8. The van der Waals surface area contributed by atoms with E-state index in [0.29, 0.717) is 24.5 Å². The van der Waals surface area contributed by atoms with Crippen molar-refractivity contribution >= 4 is 11.9 Å². The van der Waals surface area contributed by atoms with E-state index < -0.39 is 11.5 Å². The Kier molecular flexibility index (Phi) is 4.52. The molecule has 1 saturated carbocycles. The van der Waals surface area contributed by atoms with Gasteiger partial charge in [0, 0.05) is 12.2 Å². The van der Waals surface area contributed by atoms with Crippen molar-refractivity contribution in [2.75, 3.05) is 19.8 Å². The molecule has 1 amide bonds. The van der Waals surface area contributed by atoms with Crippen LogP contribution < -0.4 is 10.1 Å². The highest BCUT2D eigenvalue weighted by atomic mass is 16.5. The average molecular weight is 319 g/mol. The van der Waals surface area contributed by atoms with Gasteiger partial charge in [-0.15, -0.1) is 0 Å². The SMILES string of the molecule is O=C(O)CC1(NC(=O)c2ccc(OCC3CC3)cc2)CCOC1. The number of carboxylic acid groups (broad SMARTS) is 1. The molecular weight excluding hydrogens is 298 g/mol. The van der Waals surface area contributed by atoms with Crippen LogP contribution in [-0.4, -0.2) is 42.3 Å². The number of amides is 1. The molecule has 0 aromatic heterocycles. The van der Waals surface area contributed by atoms with E-state index in [1.165, 1.54) is 12.8 Å². The number of aliphatic carboxylic acids is 1. The lowest BCUT2D eigenvalue weighted by atomic mass is 9.93. The van der Waals surface area contributed by atoms with Crippen LogP contribution in [0.1, 0.15) is 36.0 Å². The summed E-state index contributed by atoms with van der Waals surface area (Å²) < 4.78 is 10.9. The number of carbonyl (C=O) groups excluding carboxylic acids is 1. The molecule has 1 heterocycles. The standard InChI is InChI=1S/C17H21NO5/c19-15(20)9-17(7-8-22-11-17)18-16(21)13-3-5-14(6-4-13)23-10-12-1-2-12/h3-6,12H,1-2,7-11H2,(H,18,21)(H,19,20). The third-order valence-corrected chi connectivity index (χ3v) is 4.27. The van der Waals surface area contributed by atoms with Crippen LogP contribution in [0.4, 0.5) is 0 Å². The number of rotatable bonds is 7. The van der Waals surface area contributed by atoms with Crippen LogP contribution in [-0.2, 0) is 9.53 Å². The maximum Gasteiger partial charge on any atom is 0.305 e. The van der Waals surface area contributed by atoms with Gasteiger partial charge in [-0.3, -0.25) is 9.59 Å². The molecule has 6 nitrogen and oxygen atoms in total. The predicted molar refractivity (Wildman–Crippen MR) is 82.5 cm³/mol. The minimum Gasteiger partial charge on any atom is -0.493 e. The number of carbonyl (C=O) groups is 2. The van der Waals surface area contributed by atoms with Gasteiger partial charge in [-0.1, -0.05) is 0 Å². The van der Waals surface area contributed by atoms with Crippen molar-refractivity contribution in [2.24, 2.45) is 5.92 Å². The molecule has 1 aromatic carbocycles. The largest absolute Gasteiger partial charge is 0.493 e. The molecule has 1 aromatic rings. The quantitative estimate of drug-likeness (QED) is 0.801. The second kappa shape index (κ2) is 6.58. The first-order chi connectivity index (χ1) is 11.1. The molecule has 3 rings (SSSR count). The molecule has 0 spiro atoms. The van der Waals surface area contributed by atoms with Gasteiger partial charge in [0.15, 0.2) is 0 Å². The Balaban J connectivity index is 1.60. The van der Waals surface area contributed by atoms with E-state index >= 15 is 0 Å². The molecule has 2 N–H and O–H groups in total. The third-order valence-electron chi connectivity index (χ3n) is 4.27. The highest BCUT2D eigenvalue weighted by Gasteiger charge is 2.38. The molecule has 0 bridgehead atoms.